The predicted octanol–water partition coefficient (Wildman–Crippen LogP) is 3.10. The molecule has 0 aliphatic carbocycles. The number of carbonyl (C=O) groups excluding carboxylic acids is 1. The SMILES string of the molecule is COC1CC2CCC(C1)N2C(=O)CCc1ccccc1C. The van der Waals surface area contributed by atoms with Gasteiger partial charge in [-0.25, -0.2) is 0 Å². The Kier molecular flexibility index (Phi) is 4.29. The van der Waals surface area contributed by atoms with Crippen LogP contribution in [0.15, 0.2) is 24.3 Å². The van der Waals surface area contributed by atoms with Crippen molar-refractivity contribution in [3.8, 4) is 0 Å². The Morgan fingerprint density at radius 3 is 2.52 bits per heavy atom. The molecular formula is C18H25NO2. The second-order valence-corrected chi connectivity index (χ2v) is 6.44. The molecular weight excluding hydrogens is 262 g/mol. The number of hydrogen-bond donors (Lipinski definition) is 0. The third-order valence-corrected chi connectivity index (χ3v) is 5.18. The molecule has 21 heavy (non-hydrogen) atoms. The molecule has 1 aromatic rings. The zero-order valence-corrected chi connectivity index (χ0v) is 13.0. The number of hydrogen-bond acceptors (Lipinski definition) is 2. The van der Waals surface area contributed by atoms with Crippen LogP contribution in [0.5, 0.6) is 0 Å². The molecule has 0 saturated carbocycles. The van der Waals surface area contributed by atoms with Gasteiger partial charge in [0.2, 0.25) is 5.91 Å². The Hall–Kier alpha value is -1.35. The average molecular weight is 287 g/mol. The molecule has 2 aliphatic rings. The van der Waals surface area contributed by atoms with Crippen LogP contribution in [0.3, 0.4) is 0 Å². The van der Waals surface area contributed by atoms with Gasteiger partial charge in [0.05, 0.1) is 6.10 Å². The van der Waals surface area contributed by atoms with E-state index in [1.165, 1.54) is 11.1 Å². The monoisotopic (exact) mass is 287 g/mol. The molecule has 2 atom stereocenters. The van der Waals surface area contributed by atoms with Gasteiger partial charge in [-0.2, -0.15) is 0 Å². The number of carbonyl (C=O) groups is 1. The molecule has 0 radical (unpaired) electrons. The van der Waals surface area contributed by atoms with Gasteiger partial charge in [-0.15, -0.1) is 0 Å². The third kappa shape index (κ3) is 2.98. The molecule has 2 fully saturated rings. The normalized spacial score (nSPS) is 27.9. The van der Waals surface area contributed by atoms with E-state index < -0.39 is 0 Å². The lowest BCUT2D eigenvalue weighted by Crippen LogP contribution is -2.48. The van der Waals surface area contributed by atoms with Gasteiger partial charge in [0.25, 0.3) is 0 Å². The van der Waals surface area contributed by atoms with E-state index in [-0.39, 0.29) is 0 Å². The highest BCUT2D eigenvalue weighted by molar-refractivity contribution is 5.77. The van der Waals surface area contributed by atoms with Gasteiger partial charge >= 0.3 is 0 Å². The number of piperidine rings is 1. The Balaban J connectivity index is 1.60. The first-order chi connectivity index (χ1) is 10.2. The lowest BCUT2D eigenvalue weighted by molar-refractivity contribution is -0.137. The molecule has 2 saturated heterocycles. The van der Waals surface area contributed by atoms with Crippen molar-refractivity contribution in [1.29, 1.82) is 0 Å². The summed E-state index contributed by atoms with van der Waals surface area (Å²) in [7, 11) is 1.79. The van der Waals surface area contributed by atoms with Crippen molar-refractivity contribution in [3.63, 3.8) is 0 Å². The second-order valence-electron chi connectivity index (χ2n) is 6.44. The van der Waals surface area contributed by atoms with E-state index in [2.05, 4.69) is 36.1 Å². The molecule has 2 bridgehead atoms. The third-order valence-electron chi connectivity index (χ3n) is 5.18. The first-order valence-corrected chi connectivity index (χ1v) is 8.07. The highest BCUT2D eigenvalue weighted by atomic mass is 16.5. The van der Waals surface area contributed by atoms with Crippen molar-refractivity contribution in [3.05, 3.63) is 35.4 Å². The van der Waals surface area contributed by atoms with Gasteiger partial charge in [-0.3, -0.25) is 4.79 Å². The number of amides is 1. The van der Waals surface area contributed by atoms with E-state index in [0.29, 0.717) is 30.5 Å². The highest BCUT2D eigenvalue weighted by Crippen LogP contribution is 2.37. The maximum absolute atomic E-state index is 12.6. The lowest BCUT2D eigenvalue weighted by atomic mass is 9.98. The molecule has 3 nitrogen and oxygen atoms in total. The van der Waals surface area contributed by atoms with E-state index >= 15 is 0 Å². The summed E-state index contributed by atoms with van der Waals surface area (Å²) in [5, 5.41) is 0. The topological polar surface area (TPSA) is 29.5 Å². The van der Waals surface area contributed by atoms with Crippen LogP contribution in [0.25, 0.3) is 0 Å². The molecule has 2 heterocycles. The Labute approximate surface area is 127 Å². The first kappa shape index (κ1) is 14.6. The summed E-state index contributed by atoms with van der Waals surface area (Å²) in [5.74, 6) is 0.334. The zero-order chi connectivity index (χ0) is 14.8. The average Bonchev–Trinajstić information content (AvgIpc) is 2.76. The highest BCUT2D eigenvalue weighted by Gasteiger charge is 2.42. The number of aryl methyl sites for hydroxylation is 2. The van der Waals surface area contributed by atoms with Gasteiger partial charge in [-0.05, 0) is 50.2 Å². The summed E-state index contributed by atoms with van der Waals surface area (Å²) >= 11 is 0. The van der Waals surface area contributed by atoms with Gasteiger partial charge in [0, 0.05) is 25.6 Å². The Bertz CT molecular complexity index is 500. The second kappa shape index (κ2) is 6.18. The van der Waals surface area contributed by atoms with E-state index in [1.807, 2.05) is 0 Å². The van der Waals surface area contributed by atoms with Gasteiger partial charge in [-0.1, -0.05) is 24.3 Å². The van der Waals surface area contributed by atoms with Crippen molar-refractivity contribution in [2.45, 2.75) is 63.6 Å². The largest absolute Gasteiger partial charge is 0.381 e. The maximum Gasteiger partial charge on any atom is 0.223 e. The van der Waals surface area contributed by atoms with Gasteiger partial charge in [0.1, 0.15) is 0 Å². The van der Waals surface area contributed by atoms with Crippen molar-refractivity contribution in [1.82, 2.24) is 4.90 Å². The summed E-state index contributed by atoms with van der Waals surface area (Å²) in [6.45, 7) is 2.12. The number of rotatable bonds is 4. The predicted molar refractivity (Wildman–Crippen MR) is 83.2 cm³/mol. The van der Waals surface area contributed by atoms with Crippen molar-refractivity contribution in [2.75, 3.05) is 7.11 Å². The van der Waals surface area contributed by atoms with Crippen molar-refractivity contribution >= 4 is 5.91 Å². The number of methoxy groups -OCH3 is 1. The Morgan fingerprint density at radius 1 is 1.24 bits per heavy atom. The molecule has 1 aromatic carbocycles. The van der Waals surface area contributed by atoms with Crippen LogP contribution in [0.2, 0.25) is 0 Å². The van der Waals surface area contributed by atoms with Crippen LogP contribution in [0.1, 0.15) is 43.2 Å². The van der Waals surface area contributed by atoms with Crippen LogP contribution in [-0.4, -0.2) is 36.1 Å². The fourth-order valence-corrected chi connectivity index (χ4v) is 3.99. The molecule has 0 spiro atoms. The van der Waals surface area contributed by atoms with Crippen LogP contribution < -0.4 is 0 Å². The summed E-state index contributed by atoms with van der Waals surface area (Å²) in [6, 6.07) is 9.19. The van der Waals surface area contributed by atoms with Crippen molar-refractivity contribution in [2.24, 2.45) is 0 Å². The summed E-state index contributed by atoms with van der Waals surface area (Å²) in [4.78, 5) is 14.8. The summed E-state index contributed by atoms with van der Waals surface area (Å²) in [5.41, 5.74) is 2.58. The number of ether oxygens (including phenoxy) is 1. The molecule has 1 amide bonds. The number of fused-ring (bicyclic) bond motifs is 2. The van der Waals surface area contributed by atoms with E-state index in [1.54, 1.807) is 7.11 Å². The minimum atomic E-state index is 0.334. The van der Waals surface area contributed by atoms with Crippen molar-refractivity contribution < 1.29 is 9.53 Å². The van der Waals surface area contributed by atoms with Crippen LogP contribution in [0, 0.1) is 6.92 Å². The van der Waals surface area contributed by atoms with E-state index in [4.69, 9.17) is 4.74 Å². The minimum absolute atomic E-state index is 0.334. The number of nitrogens with zero attached hydrogens (tertiary/aromatic N) is 1. The maximum atomic E-state index is 12.6. The molecule has 114 valence electrons. The zero-order valence-electron chi connectivity index (χ0n) is 13.0. The van der Waals surface area contributed by atoms with Gasteiger partial charge < -0.3 is 9.64 Å². The van der Waals surface area contributed by atoms with Gasteiger partial charge in [0.15, 0.2) is 0 Å². The van der Waals surface area contributed by atoms with E-state index in [9.17, 15) is 4.79 Å². The van der Waals surface area contributed by atoms with Crippen LogP contribution in [0.4, 0.5) is 0 Å². The molecule has 3 heteroatoms. The fraction of sp³-hybridized carbons (Fsp3) is 0.611. The fourth-order valence-electron chi connectivity index (χ4n) is 3.99. The lowest BCUT2D eigenvalue weighted by Gasteiger charge is -2.38. The first-order valence-electron chi connectivity index (χ1n) is 8.07. The van der Waals surface area contributed by atoms with Crippen LogP contribution in [-0.2, 0) is 16.0 Å². The quantitative estimate of drug-likeness (QED) is 0.851. The van der Waals surface area contributed by atoms with E-state index in [0.717, 1.165) is 32.1 Å². The smallest absolute Gasteiger partial charge is 0.223 e. The molecule has 3 rings (SSSR count). The molecule has 0 aromatic heterocycles. The minimum Gasteiger partial charge on any atom is -0.381 e. The summed E-state index contributed by atoms with van der Waals surface area (Å²) < 4.78 is 5.51. The molecule has 0 N–H and O–H groups in total. The molecule has 2 aliphatic heterocycles. The standard InChI is InChI=1S/C18H25NO2/c1-13-5-3-4-6-14(13)7-10-18(20)19-15-8-9-16(19)12-17(11-15)21-2/h3-6,15-17H,7-12H2,1-2H3. The summed E-state index contributed by atoms with van der Waals surface area (Å²) in [6.07, 6.45) is 6.18. The number of benzene rings is 1. The molecule has 2 unspecified atom stereocenters. The van der Waals surface area contributed by atoms with Crippen LogP contribution >= 0.6 is 0 Å². The Morgan fingerprint density at radius 2 is 1.90 bits per heavy atom.